The van der Waals surface area contributed by atoms with Crippen LogP contribution in [-0.4, -0.2) is 24.6 Å². The minimum Gasteiger partial charge on any atom is -0.493 e. The van der Waals surface area contributed by atoms with E-state index in [4.69, 9.17) is 9.47 Å². The van der Waals surface area contributed by atoms with Crippen LogP contribution in [0.3, 0.4) is 0 Å². The second-order valence-corrected chi connectivity index (χ2v) is 8.73. The molecule has 1 heterocycles. The van der Waals surface area contributed by atoms with Crippen molar-refractivity contribution in [1.82, 2.24) is 4.98 Å². The maximum Gasteiger partial charge on any atom is 0.250 e. The molecule has 0 spiro atoms. The van der Waals surface area contributed by atoms with Crippen molar-refractivity contribution >= 4 is 44.4 Å². The molecule has 0 unspecified atom stereocenters. The molecule has 0 atom stereocenters. The number of methoxy groups -OCH3 is 1. The molecule has 0 saturated carbocycles. The molecule has 0 aliphatic heterocycles. The van der Waals surface area contributed by atoms with E-state index < -0.39 is 0 Å². The average Bonchev–Trinajstić information content (AvgIpc) is 3.19. The number of halogens is 1. The number of nitrogens with zero attached hydrogens (tertiary/aromatic N) is 1. The van der Waals surface area contributed by atoms with Gasteiger partial charge in [-0.05, 0) is 48.7 Å². The Hall–Kier alpha value is -2.64. The SMILES string of the molecule is CCCOc1ccc(/C=C/C(=O)Nc2nc(-c3ccc(Br)cc3)c(CC)s2)cc1OC. The van der Waals surface area contributed by atoms with E-state index in [9.17, 15) is 4.79 Å². The molecule has 3 aromatic rings. The van der Waals surface area contributed by atoms with Crippen LogP contribution in [0.5, 0.6) is 11.5 Å². The largest absolute Gasteiger partial charge is 0.493 e. The van der Waals surface area contributed by atoms with Crippen LogP contribution >= 0.6 is 27.3 Å². The van der Waals surface area contributed by atoms with Crippen molar-refractivity contribution in [3.63, 3.8) is 0 Å². The zero-order valence-corrected chi connectivity index (χ0v) is 20.2. The average molecular weight is 501 g/mol. The molecule has 2 aromatic carbocycles. The number of rotatable bonds is 9. The lowest BCUT2D eigenvalue weighted by Gasteiger charge is -2.10. The van der Waals surface area contributed by atoms with Gasteiger partial charge in [-0.15, -0.1) is 11.3 Å². The fourth-order valence-electron chi connectivity index (χ4n) is 2.92. The van der Waals surface area contributed by atoms with Gasteiger partial charge >= 0.3 is 0 Å². The smallest absolute Gasteiger partial charge is 0.250 e. The number of hydrogen-bond donors (Lipinski definition) is 1. The molecule has 0 aliphatic rings. The summed E-state index contributed by atoms with van der Waals surface area (Å²) < 4.78 is 12.1. The van der Waals surface area contributed by atoms with E-state index in [0.717, 1.165) is 39.0 Å². The maximum atomic E-state index is 12.4. The topological polar surface area (TPSA) is 60.5 Å². The van der Waals surface area contributed by atoms with Crippen molar-refractivity contribution in [2.24, 2.45) is 0 Å². The first-order valence-corrected chi connectivity index (χ1v) is 11.7. The van der Waals surface area contributed by atoms with Gasteiger partial charge in [0.2, 0.25) is 5.91 Å². The first kappa shape index (κ1) is 23.0. The van der Waals surface area contributed by atoms with E-state index in [1.165, 1.54) is 17.4 Å². The van der Waals surface area contributed by atoms with Crippen molar-refractivity contribution in [2.45, 2.75) is 26.7 Å². The van der Waals surface area contributed by atoms with E-state index in [1.54, 1.807) is 13.2 Å². The second-order valence-electron chi connectivity index (χ2n) is 6.73. The Labute approximate surface area is 195 Å². The number of carbonyl (C=O) groups excluding carboxylic acids is 1. The number of thiazole rings is 1. The van der Waals surface area contributed by atoms with Gasteiger partial charge in [-0.25, -0.2) is 4.98 Å². The number of nitrogens with one attached hydrogen (secondary N) is 1. The summed E-state index contributed by atoms with van der Waals surface area (Å²) in [5.41, 5.74) is 2.79. The van der Waals surface area contributed by atoms with Gasteiger partial charge in [0.25, 0.3) is 0 Å². The molecule has 162 valence electrons. The molecule has 0 fully saturated rings. The van der Waals surface area contributed by atoms with Gasteiger partial charge in [-0.3, -0.25) is 10.1 Å². The van der Waals surface area contributed by atoms with Crippen molar-refractivity contribution in [3.8, 4) is 22.8 Å². The normalized spacial score (nSPS) is 11.0. The highest BCUT2D eigenvalue weighted by atomic mass is 79.9. The highest BCUT2D eigenvalue weighted by Gasteiger charge is 2.13. The number of ether oxygens (including phenoxy) is 2. The van der Waals surface area contributed by atoms with Crippen molar-refractivity contribution < 1.29 is 14.3 Å². The maximum absolute atomic E-state index is 12.4. The third kappa shape index (κ3) is 6.18. The van der Waals surface area contributed by atoms with Gasteiger partial charge < -0.3 is 9.47 Å². The number of aryl methyl sites for hydroxylation is 1. The monoisotopic (exact) mass is 500 g/mol. The Bertz CT molecular complexity index is 1060. The predicted octanol–water partition coefficient (Wildman–Crippen LogP) is 6.58. The summed E-state index contributed by atoms with van der Waals surface area (Å²) >= 11 is 4.95. The van der Waals surface area contributed by atoms with Crippen LogP contribution in [0.15, 0.2) is 53.0 Å². The zero-order chi connectivity index (χ0) is 22.2. The quantitative estimate of drug-likeness (QED) is 0.337. The first-order valence-electron chi connectivity index (χ1n) is 10.1. The Morgan fingerprint density at radius 3 is 2.61 bits per heavy atom. The first-order chi connectivity index (χ1) is 15.0. The van der Waals surface area contributed by atoms with Gasteiger partial charge in [-0.1, -0.05) is 48.0 Å². The highest BCUT2D eigenvalue weighted by molar-refractivity contribution is 9.10. The number of aromatic nitrogens is 1. The minimum absolute atomic E-state index is 0.232. The van der Waals surface area contributed by atoms with Gasteiger partial charge in [0, 0.05) is 21.0 Å². The van der Waals surface area contributed by atoms with Gasteiger partial charge in [-0.2, -0.15) is 0 Å². The Morgan fingerprint density at radius 2 is 1.94 bits per heavy atom. The molecular weight excluding hydrogens is 476 g/mol. The Morgan fingerprint density at radius 1 is 1.16 bits per heavy atom. The molecule has 0 bridgehead atoms. The lowest BCUT2D eigenvalue weighted by Crippen LogP contribution is -2.07. The predicted molar refractivity (Wildman–Crippen MR) is 131 cm³/mol. The second kappa shape index (κ2) is 11.1. The van der Waals surface area contributed by atoms with Crippen LogP contribution in [0.25, 0.3) is 17.3 Å². The summed E-state index contributed by atoms with van der Waals surface area (Å²) in [5.74, 6) is 1.10. The molecule has 3 rings (SSSR count). The lowest BCUT2D eigenvalue weighted by molar-refractivity contribution is -0.111. The van der Waals surface area contributed by atoms with Crippen molar-refractivity contribution in [2.75, 3.05) is 19.0 Å². The summed E-state index contributed by atoms with van der Waals surface area (Å²) in [7, 11) is 1.60. The molecular formula is C24H25BrN2O3S. The van der Waals surface area contributed by atoms with Crippen LogP contribution < -0.4 is 14.8 Å². The fraction of sp³-hybridized carbons (Fsp3) is 0.250. The van der Waals surface area contributed by atoms with Crippen LogP contribution in [0, 0.1) is 0 Å². The molecule has 5 nitrogen and oxygen atoms in total. The Kier molecular flexibility index (Phi) is 8.26. The summed E-state index contributed by atoms with van der Waals surface area (Å²) in [4.78, 5) is 18.2. The number of anilines is 1. The van der Waals surface area contributed by atoms with Crippen LogP contribution in [0.2, 0.25) is 0 Å². The number of amides is 1. The minimum atomic E-state index is -0.232. The summed E-state index contributed by atoms with van der Waals surface area (Å²) in [6.45, 7) is 4.77. The summed E-state index contributed by atoms with van der Waals surface area (Å²) in [6, 6.07) is 13.6. The van der Waals surface area contributed by atoms with E-state index in [-0.39, 0.29) is 5.91 Å². The lowest BCUT2D eigenvalue weighted by atomic mass is 10.1. The molecule has 31 heavy (non-hydrogen) atoms. The van der Waals surface area contributed by atoms with E-state index in [1.807, 2.05) is 42.5 Å². The zero-order valence-electron chi connectivity index (χ0n) is 17.8. The third-order valence-corrected chi connectivity index (χ3v) is 6.09. The van der Waals surface area contributed by atoms with Crippen molar-refractivity contribution in [1.29, 1.82) is 0 Å². The molecule has 0 radical (unpaired) electrons. The number of benzene rings is 2. The number of carbonyl (C=O) groups is 1. The summed E-state index contributed by atoms with van der Waals surface area (Å²) in [6.07, 6.45) is 5.01. The standard InChI is InChI=1S/C24H25BrN2O3S/c1-4-14-30-19-12-6-16(15-20(19)29-3)7-13-22(28)26-24-27-23(21(5-2)31-24)17-8-10-18(25)11-9-17/h6-13,15H,4-5,14H2,1-3H3,(H,26,27,28)/b13-7+. The molecule has 1 amide bonds. The van der Waals surface area contributed by atoms with E-state index >= 15 is 0 Å². The van der Waals surface area contributed by atoms with Gasteiger partial charge in [0.15, 0.2) is 16.6 Å². The van der Waals surface area contributed by atoms with Crippen LogP contribution in [0.4, 0.5) is 5.13 Å². The molecule has 7 heteroatoms. The molecule has 1 aromatic heterocycles. The van der Waals surface area contributed by atoms with Gasteiger partial charge in [0.1, 0.15) is 0 Å². The van der Waals surface area contributed by atoms with Crippen LogP contribution in [-0.2, 0) is 11.2 Å². The summed E-state index contributed by atoms with van der Waals surface area (Å²) in [5, 5.41) is 3.46. The number of hydrogen-bond acceptors (Lipinski definition) is 5. The fourth-order valence-corrected chi connectivity index (χ4v) is 4.11. The molecule has 1 N–H and O–H groups in total. The molecule has 0 saturated heterocycles. The van der Waals surface area contributed by atoms with E-state index in [0.29, 0.717) is 23.2 Å². The van der Waals surface area contributed by atoms with Crippen molar-refractivity contribution in [3.05, 3.63) is 63.5 Å². The Balaban J connectivity index is 1.70. The highest BCUT2D eigenvalue weighted by Crippen LogP contribution is 2.32. The molecule has 0 aliphatic carbocycles. The van der Waals surface area contributed by atoms with Crippen LogP contribution in [0.1, 0.15) is 30.7 Å². The van der Waals surface area contributed by atoms with E-state index in [2.05, 4.69) is 40.1 Å². The third-order valence-electron chi connectivity index (χ3n) is 4.44. The van der Waals surface area contributed by atoms with Gasteiger partial charge in [0.05, 0.1) is 19.4 Å².